The zero-order valence-electron chi connectivity index (χ0n) is 34.3. The Kier molecular flexibility index (Phi) is 28.4. The van der Waals surface area contributed by atoms with E-state index < -0.39 is 35.9 Å². The first-order chi connectivity index (χ1) is 26.7. The van der Waals surface area contributed by atoms with E-state index in [1.54, 1.807) is 48.5 Å². The largest absolute Gasteiger partial charge is 0.526 e. The van der Waals surface area contributed by atoms with Gasteiger partial charge in [0.25, 0.3) is 0 Å². The summed E-state index contributed by atoms with van der Waals surface area (Å²) in [4.78, 5) is 0. The fourth-order valence-electron chi connectivity index (χ4n) is 6.58. The molecule has 317 valence electrons. The Hall–Kier alpha value is -1.53. The molecule has 0 unspecified atom stereocenters. The Labute approximate surface area is 341 Å². The van der Waals surface area contributed by atoms with E-state index in [2.05, 4.69) is 13.8 Å². The second kappa shape index (κ2) is 31.5. The highest BCUT2D eigenvalue weighted by atomic mass is 127. The highest BCUT2D eigenvalue weighted by molar-refractivity contribution is 7.87. The fourth-order valence-corrected chi connectivity index (χ4v) is 13.0. The van der Waals surface area contributed by atoms with Gasteiger partial charge in [-0.15, -0.1) is 0 Å². The van der Waals surface area contributed by atoms with Crippen LogP contribution >= 0.6 is 0 Å². The molecule has 2 aromatic rings. The van der Waals surface area contributed by atoms with Crippen LogP contribution in [0.4, 0.5) is 13.2 Å². The Morgan fingerprint density at radius 1 is 0.436 bits per heavy atom. The van der Waals surface area contributed by atoms with Crippen molar-refractivity contribution in [1.29, 1.82) is 0 Å². The van der Waals surface area contributed by atoms with Crippen LogP contribution in [0.25, 0.3) is 0 Å². The van der Waals surface area contributed by atoms with Crippen molar-refractivity contribution in [3.63, 3.8) is 0 Å². The molecule has 0 saturated carbocycles. The van der Waals surface area contributed by atoms with Gasteiger partial charge < -0.3 is 9.47 Å². The number of benzene rings is 2. The quantitative estimate of drug-likeness (QED) is 0.0387. The maximum absolute atomic E-state index is 13.4. The summed E-state index contributed by atoms with van der Waals surface area (Å²) < 4.78 is 82.0. The molecule has 0 aliphatic rings. The van der Waals surface area contributed by atoms with Gasteiger partial charge in [0.15, 0.2) is 7.14 Å². The average molecular weight is 911 g/mol. The number of hydrogen-bond acceptors (Lipinski definition) is 5. The number of rotatable bonds is 36. The summed E-state index contributed by atoms with van der Waals surface area (Å²) in [5.74, 6) is 1.19. The molecule has 0 aliphatic carbocycles. The molecule has 10 heteroatoms. The molecule has 0 aliphatic heterocycles. The van der Waals surface area contributed by atoms with Crippen LogP contribution < -0.4 is 29.7 Å². The van der Waals surface area contributed by atoms with Gasteiger partial charge in [-0.2, -0.15) is 21.6 Å². The normalized spacial score (nSPS) is 12.1. The van der Waals surface area contributed by atoms with Crippen LogP contribution in [0, 0.1) is 7.14 Å². The van der Waals surface area contributed by atoms with Crippen LogP contribution in [0.1, 0.15) is 194 Å². The Bertz CT molecular complexity index is 1210. The summed E-state index contributed by atoms with van der Waals surface area (Å²) in [6, 6.07) is 13.2. The standard InChI is InChI=1S/C45H74F3IO5S/c1-3-5-7-9-11-13-15-17-19-21-23-25-27-29-39-52-43-35-31-41(32-36-43)49(54-55(50,51)45(46,47)48)42-33-37-44(38-34-42)53-40-30-28-26-24-22-20-18-16-14-12-10-8-6-4-2/h31-38H,3-30,39-40H2,1-2H3/q+1. The molecule has 0 bridgehead atoms. The first-order valence-corrected chi connectivity index (χ1v) is 26.3. The van der Waals surface area contributed by atoms with Crippen LogP contribution in [-0.4, -0.2) is 27.1 Å². The molecule has 0 atom stereocenters. The molecule has 0 saturated heterocycles. The molecule has 0 heterocycles. The van der Waals surface area contributed by atoms with Gasteiger partial charge in [-0.05, 0) is 63.9 Å². The molecule has 0 spiro atoms. The molecule has 1 radical (unpaired) electrons. The lowest BCUT2D eigenvalue weighted by atomic mass is 10.0. The van der Waals surface area contributed by atoms with E-state index in [1.165, 1.54) is 154 Å². The zero-order chi connectivity index (χ0) is 39.9. The number of halogens is 4. The van der Waals surface area contributed by atoms with E-state index >= 15 is 0 Å². The average Bonchev–Trinajstić information content (AvgIpc) is 3.17. The summed E-state index contributed by atoms with van der Waals surface area (Å²) in [6.07, 6.45) is 35.8. The molecular formula is C45H74F3IO5S+. The fraction of sp³-hybridized carbons (Fsp3) is 0.733. The maximum atomic E-state index is 13.4. The Balaban J connectivity index is 1.70. The minimum absolute atomic E-state index is 0.428. The highest BCUT2D eigenvalue weighted by Gasteiger charge is 2.54. The minimum Gasteiger partial charge on any atom is -0.494 e. The monoisotopic (exact) mass is 910 g/mol. The van der Waals surface area contributed by atoms with Crippen molar-refractivity contribution in [3.05, 3.63) is 55.7 Å². The van der Waals surface area contributed by atoms with Crippen molar-refractivity contribution in [2.45, 2.75) is 199 Å². The summed E-state index contributed by atoms with van der Waals surface area (Å²) >= 11 is -3.50. The summed E-state index contributed by atoms with van der Waals surface area (Å²) in [7, 11) is -5.78. The second-order valence-electron chi connectivity index (χ2n) is 15.0. The smallest absolute Gasteiger partial charge is 0.494 e. The third kappa shape index (κ3) is 24.1. The highest BCUT2D eigenvalue weighted by Crippen LogP contribution is 2.23. The third-order valence-corrected chi connectivity index (χ3v) is 17.0. The predicted octanol–water partition coefficient (Wildman–Crippen LogP) is 11.9. The molecule has 0 fully saturated rings. The first kappa shape index (κ1) is 49.6. The lowest BCUT2D eigenvalue weighted by molar-refractivity contribution is -1.03. The van der Waals surface area contributed by atoms with Crippen molar-refractivity contribution >= 4 is 10.1 Å². The van der Waals surface area contributed by atoms with Crippen LogP contribution in [-0.2, 0) is 12.6 Å². The molecule has 2 rings (SSSR count). The molecule has 0 amide bonds. The summed E-state index contributed by atoms with van der Waals surface area (Å²) in [5, 5.41) is 0. The molecular weight excluding hydrogens is 836 g/mol. The second-order valence-corrected chi connectivity index (χ2v) is 21.5. The van der Waals surface area contributed by atoms with Gasteiger partial charge in [-0.3, -0.25) is 0 Å². The maximum Gasteiger partial charge on any atom is 0.526 e. The molecule has 0 N–H and O–H groups in total. The molecule has 2 aromatic carbocycles. The van der Waals surface area contributed by atoms with Crippen LogP contribution in [0.15, 0.2) is 48.5 Å². The zero-order valence-corrected chi connectivity index (χ0v) is 37.3. The van der Waals surface area contributed by atoms with Gasteiger partial charge in [0, 0.05) is 0 Å². The molecule has 0 aromatic heterocycles. The van der Waals surface area contributed by atoms with Gasteiger partial charge >= 0.3 is 35.9 Å². The summed E-state index contributed by atoms with van der Waals surface area (Å²) in [6.45, 7) is 5.62. The Morgan fingerprint density at radius 2 is 0.691 bits per heavy atom. The van der Waals surface area contributed by atoms with Crippen molar-refractivity contribution in [1.82, 2.24) is 0 Å². The van der Waals surface area contributed by atoms with Gasteiger partial charge in [0.05, 0.1) is 13.2 Å². The van der Waals surface area contributed by atoms with Gasteiger partial charge in [-0.1, -0.05) is 181 Å². The number of hydrogen-bond donors (Lipinski definition) is 0. The van der Waals surface area contributed by atoms with Crippen LogP contribution in [0.2, 0.25) is 0 Å². The SMILES string of the molecule is CCCCCCCCCCCCCCCCOc1ccc([I+](OS(=O)(=O)C(F)(F)F)c2ccc(OCCCCCCCCCCCCCCCC)cc2)cc1. The van der Waals surface area contributed by atoms with Crippen molar-refractivity contribution in [2.75, 3.05) is 13.2 Å². The van der Waals surface area contributed by atoms with Crippen molar-refractivity contribution in [3.8, 4) is 11.5 Å². The third-order valence-electron chi connectivity index (χ3n) is 9.99. The van der Waals surface area contributed by atoms with E-state index in [1.807, 2.05) is 0 Å². The van der Waals surface area contributed by atoms with Crippen molar-refractivity contribution in [2.24, 2.45) is 0 Å². The van der Waals surface area contributed by atoms with E-state index in [0.29, 0.717) is 31.9 Å². The first-order valence-electron chi connectivity index (χ1n) is 21.8. The Morgan fingerprint density at radius 3 is 0.945 bits per heavy atom. The van der Waals surface area contributed by atoms with E-state index in [0.717, 1.165) is 25.7 Å². The van der Waals surface area contributed by atoms with Gasteiger partial charge in [0.1, 0.15) is 11.5 Å². The van der Waals surface area contributed by atoms with E-state index in [9.17, 15) is 21.6 Å². The van der Waals surface area contributed by atoms with Crippen LogP contribution in [0.3, 0.4) is 0 Å². The minimum atomic E-state index is -5.78. The van der Waals surface area contributed by atoms with Crippen LogP contribution in [0.5, 0.6) is 11.5 Å². The lowest BCUT2D eigenvalue weighted by Crippen LogP contribution is -3.85. The van der Waals surface area contributed by atoms with E-state index in [4.69, 9.17) is 12.0 Å². The predicted molar refractivity (Wildman–Crippen MR) is 218 cm³/mol. The number of alkyl halides is 3. The van der Waals surface area contributed by atoms with Gasteiger partial charge in [0.2, 0.25) is 0 Å². The van der Waals surface area contributed by atoms with Gasteiger partial charge in [-0.25, -0.2) is 0 Å². The topological polar surface area (TPSA) is 61.8 Å². The number of ether oxygens (including phenoxy) is 2. The van der Waals surface area contributed by atoms with E-state index in [-0.39, 0.29) is 0 Å². The lowest BCUT2D eigenvalue weighted by Gasteiger charge is -2.10. The summed E-state index contributed by atoms with van der Waals surface area (Å²) in [5.41, 5.74) is -5.50. The molecule has 5 nitrogen and oxygen atoms in total. The molecule has 55 heavy (non-hydrogen) atoms. The van der Waals surface area contributed by atoms with Crippen molar-refractivity contribution < 1.29 is 53.8 Å². The number of unbranched alkanes of at least 4 members (excludes halogenated alkanes) is 26.